The van der Waals surface area contributed by atoms with E-state index in [4.69, 9.17) is 9.15 Å². The maximum atomic E-state index is 12.4. The van der Waals surface area contributed by atoms with Gasteiger partial charge in [-0.15, -0.1) is 11.3 Å². The smallest absolute Gasteiger partial charge is 0.311 e. The maximum Gasteiger partial charge on any atom is 0.311 e. The number of benzene rings is 1. The second-order valence-electron chi connectivity index (χ2n) is 6.98. The molecule has 0 saturated carbocycles. The molecule has 0 fully saturated rings. The van der Waals surface area contributed by atoms with E-state index in [1.807, 2.05) is 39.0 Å². The van der Waals surface area contributed by atoms with Crippen molar-refractivity contribution in [2.24, 2.45) is 0 Å². The number of carbonyl (C=O) groups excluding carboxylic acids is 1. The van der Waals surface area contributed by atoms with Crippen LogP contribution in [0.15, 0.2) is 33.7 Å². The van der Waals surface area contributed by atoms with E-state index in [1.165, 1.54) is 11.3 Å². The fourth-order valence-corrected chi connectivity index (χ4v) is 4.28. The summed E-state index contributed by atoms with van der Waals surface area (Å²) in [4.78, 5) is 33.8. The van der Waals surface area contributed by atoms with Gasteiger partial charge in [0.2, 0.25) is 0 Å². The number of hydrogen-bond donors (Lipinski definition) is 1. The van der Waals surface area contributed by atoms with Crippen molar-refractivity contribution in [3.8, 4) is 0 Å². The van der Waals surface area contributed by atoms with E-state index in [-0.39, 0.29) is 12.0 Å². The Labute approximate surface area is 165 Å². The second-order valence-corrected chi connectivity index (χ2v) is 8.19. The zero-order valence-electron chi connectivity index (χ0n) is 16.1. The van der Waals surface area contributed by atoms with Crippen molar-refractivity contribution in [3.63, 3.8) is 0 Å². The number of esters is 1. The van der Waals surface area contributed by atoms with E-state index in [9.17, 15) is 9.59 Å². The van der Waals surface area contributed by atoms with Crippen molar-refractivity contribution in [1.82, 2.24) is 9.97 Å². The minimum atomic E-state index is -0.660. The van der Waals surface area contributed by atoms with Crippen LogP contribution in [0.2, 0.25) is 0 Å². The molecule has 0 unspecified atom stereocenters. The number of nitrogens with one attached hydrogen (secondary N) is 1. The van der Waals surface area contributed by atoms with Crippen LogP contribution in [-0.4, -0.2) is 15.9 Å². The molecule has 3 heterocycles. The highest BCUT2D eigenvalue weighted by molar-refractivity contribution is 7.18. The van der Waals surface area contributed by atoms with Gasteiger partial charge in [0.15, 0.2) is 11.9 Å². The highest BCUT2D eigenvalue weighted by Gasteiger charge is 2.19. The molecule has 0 spiro atoms. The Hall–Kier alpha value is -2.93. The van der Waals surface area contributed by atoms with E-state index in [1.54, 1.807) is 13.2 Å². The maximum absolute atomic E-state index is 12.4. The van der Waals surface area contributed by atoms with Gasteiger partial charge >= 0.3 is 5.97 Å². The number of aromatic nitrogens is 2. The lowest BCUT2D eigenvalue weighted by atomic mass is 10.1. The third kappa shape index (κ3) is 3.22. The van der Waals surface area contributed by atoms with E-state index in [0.29, 0.717) is 16.0 Å². The molecule has 0 amide bonds. The normalized spacial score (nSPS) is 12.6. The van der Waals surface area contributed by atoms with Crippen LogP contribution in [-0.2, 0) is 16.0 Å². The Morgan fingerprint density at radius 1 is 1.32 bits per heavy atom. The summed E-state index contributed by atoms with van der Waals surface area (Å²) in [5, 5.41) is 1.50. The molecule has 144 valence electrons. The van der Waals surface area contributed by atoms with Gasteiger partial charge in [-0.3, -0.25) is 9.59 Å². The van der Waals surface area contributed by atoms with E-state index in [0.717, 1.165) is 32.5 Å². The first-order chi connectivity index (χ1) is 13.3. The molecule has 4 rings (SSSR count). The molecule has 0 aliphatic carbocycles. The van der Waals surface area contributed by atoms with Gasteiger partial charge in [-0.1, -0.05) is 12.1 Å². The van der Waals surface area contributed by atoms with Crippen LogP contribution in [0.1, 0.15) is 40.4 Å². The zero-order valence-corrected chi connectivity index (χ0v) is 16.9. The van der Waals surface area contributed by atoms with Gasteiger partial charge in [-0.25, -0.2) is 4.98 Å². The van der Waals surface area contributed by atoms with Gasteiger partial charge in [-0.2, -0.15) is 0 Å². The van der Waals surface area contributed by atoms with Gasteiger partial charge in [0, 0.05) is 15.8 Å². The average Bonchev–Trinajstić information content (AvgIpc) is 3.15. The van der Waals surface area contributed by atoms with Gasteiger partial charge in [0.25, 0.3) is 5.56 Å². The summed E-state index contributed by atoms with van der Waals surface area (Å²) in [6.07, 6.45) is 1.01. The van der Waals surface area contributed by atoms with Crippen LogP contribution in [0.25, 0.3) is 21.2 Å². The fraction of sp³-hybridized carbons (Fsp3) is 0.286. The quantitative estimate of drug-likeness (QED) is 0.513. The van der Waals surface area contributed by atoms with Gasteiger partial charge < -0.3 is 14.1 Å². The molecule has 6 nitrogen and oxygen atoms in total. The van der Waals surface area contributed by atoms with E-state index < -0.39 is 12.1 Å². The van der Waals surface area contributed by atoms with Crippen molar-refractivity contribution in [2.45, 2.75) is 40.2 Å². The molecule has 0 bridgehead atoms. The van der Waals surface area contributed by atoms with E-state index >= 15 is 0 Å². The van der Waals surface area contributed by atoms with Crippen LogP contribution in [0.5, 0.6) is 0 Å². The van der Waals surface area contributed by atoms with Crippen molar-refractivity contribution in [2.75, 3.05) is 0 Å². The fourth-order valence-electron chi connectivity index (χ4n) is 3.24. The Balaban J connectivity index is 1.54. The Kier molecular flexibility index (Phi) is 4.55. The molecule has 7 heteroatoms. The van der Waals surface area contributed by atoms with Gasteiger partial charge in [0.05, 0.1) is 18.1 Å². The summed E-state index contributed by atoms with van der Waals surface area (Å²) in [5.41, 5.74) is 3.34. The number of ether oxygens (including phenoxy) is 1. The molecule has 4 aromatic rings. The lowest BCUT2D eigenvalue weighted by Gasteiger charge is -2.12. The number of thiophene rings is 1. The van der Waals surface area contributed by atoms with Crippen molar-refractivity contribution < 1.29 is 13.9 Å². The summed E-state index contributed by atoms with van der Waals surface area (Å²) in [7, 11) is 0. The standard InChI is InChI=1S/C21H20N2O4S/c1-10-5-6-15-14(9-26-16(15)7-10)8-17(24)27-12(3)19-22-20(25)18-11(2)13(4)28-21(18)23-19/h5-7,9,12H,8H2,1-4H3,(H,22,23,25)/t12-/m1/s1. The van der Waals surface area contributed by atoms with Crippen molar-refractivity contribution in [1.29, 1.82) is 0 Å². The molecule has 28 heavy (non-hydrogen) atoms. The van der Waals surface area contributed by atoms with Crippen LogP contribution >= 0.6 is 11.3 Å². The molecule has 0 radical (unpaired) electrons. The summed E-state index contributed by atoms with van der Waals surface area (Å²) in [6.45, 7) is 7.55. The number of aromatic amines is 1. The highest BCUT2D eigenvalue weighted by atomic mass is 32.1. The van der Waals surface area contributed by atoms with Crippen molar-refractivity contribution >= 4 is 38.5 Å². The molecule has 0 saturated heterocycles. The molecule has 1 aromatic carbocycles. The van der Waals surface area contributed by atoms with Crippen LogP contribution in [0.3, 0.4) is 0 Å². The Morgan fingerprint density at radius 2 is 2.11 bits per heavy atom. The zero-order chi connectivity index (χ0) is 20.0. The molecule has 1 N–H and O–H groups in total. The summed E-state index contributed by atoms with van der Waals surface area (Å²) < 4.78 is 11.0. The first-order valence-electron chi connectivity index (χ1n) is 8.99. The number of hydrogen-bond acceptors (Lipinski definition) is 6. The summed E-state index contributed by atoms with van der Waals surface area (Å²) >= 11 is 1.47. The number of carbonyl (C=O) groups is 1. The summed E-state index contributed by atoms with van der Waals surface area (Å²) in [5.74, 6) is -0.0585. The van der Waals surface area contributed by atoms with Crippen molar-refractivity contribution in [3.05, 3.63) is 62.2 Å². The molecular formula is C21H20N2O4S. The first kappa shape index (κ1) is 18.4. The number of aryl methyl sites for hydroxylation is 3. The molecule has 0 aliphatic heterocycles. The molecule has 0 aliphatic rings. The third-order valence-electron chi connectivity index (χ3n) is 4.90. The number of furan rings is 1. The van der Waals surface area contributed by atoms with Crippen LogP contribution < -0.4 is 5.56 Å². The Bertz CT molecular complexity index is 1260. The lowest BCUT2D eigenvalue weighted by molar-refractivity contribution is -0.148. The molecule has 3 aromatic heterocycles. The molecular weight excluding hydrogens is 376 g/mol. The molecule has 1 atom stereocenters. The minimum absolute atomic E-state index is 0.0874. The number of H-pyrrole nitrogens is 1. The van der Waals surface area contributed by atoms with Crippen LogP contribution in [0, 0.1) is 20.8 Å². The second kappa shape index (κ2) is 6.91. The monoisotopic (exact) mass is 396 g/mol. The third-order valence-corrected chi connectivity index (χ3v) is 6.00. The topological polar surface area (TPSA) is 85.2 Å². The van der Waals surface area contributed by atoms with Crippen LogP contribution in [0.4, 0.5) is 0 Å². The Morgan fingerprint density at radius 3 is 2.89 bits per heavy atom. The predicted octanol–water partition coefficient (Wildman–Crippen LogP) is 4.50. The minimum Gasteiger partial charge on any atom is -0.464 e. The number of nitrogens with zero attached hydrogens (tertiary/aromatic N) is 1. The largest absolute Gasteiger partial charge is 0.464 e. The van der Waals surface area contributed by atoms with E-state index in [2.05, 4.69) is 9.97 Å². The number of fused-ring (bicyclic) bond motifs is 2. The average molecular weight is 396 g/mol. The predicted molar refractivity (Wildman–Crippen MR) is 109 cm³/mol. The summed E-state index contributed by atoms with van der Waals surface area (Å²) in [6, 6.07) is 5.85. The SMILES string of the molecule is Cc1ccc2c(CC(=O)O[C@H](C)c3nc4sc(C)c(C)c4c(=O)[nH]3)coc2c1. The van der Waals surface area contributed by atoms with Gasteiger partial charge in [-0.05, 0) is 44.9 Å². The highest BCUT2D eigenvalue weighted by Crippen LogP contribution is 2.27. The van der Waals surface area contributed by atoms with Gasteiger partial charge in [0.1, 0.15) is 10.4 Å². The first-order valence-corrected chi connectivity index (χ1v) is 9.81. The lowest BCUT2D eigenvalue weighted by Crippen LogP contribution is -2.18. The number of rotatable bonds is 4.